The first-order valence-corrected chi connectivity index (χ1v) is 5.42. The van der Waals surface area contributed by atoms with Crippen LogP contribution < -0.4 is 16.2 Å². The van der Waals surface area contributed by atoms with Crippen molar-refractivity contribution in [2.24, 2.45) is 0 Å². The van der Waals surface area contributed by atoms with Crippen molar-refractivity contribution in [3.05, 3.63) is 16.6 Å². The smallest absolute Gasteiger partial charge is 0.135 e. The van der Waals surface area contributed by atoms with E-state index in [0.717, 1.165) is 16.8 Å². The summed E-state index contributed by atoms with van der Waals surface area (Å²) in [5, 5.41) is 0. The van der Waals surface area contributed by atoms with E-state index < -0.39 is 0 Å². The molecule has 0 bridgehead atoms. The minimum atomic E-state index is 0.540. The molecule has 4 N–H and O–H groups in total. The summed E-state index contributed by atoms with van der Waals surface area (Å²) < 4.78 is 6.39. The van der Waals surface area contributed by atoms with Crippen LogP contribution in [0.2, 0.25) is 0 Å². The zero-order chi connectivity index (χ0) is 11.4. The van der Waals surface area contributed by atoms with Crippen LogP contribution in [-0.4, -0.2) is 32.1 Å². The van der Waals surface area contributed by atoms with Gasteiger partial charge in [0.2, 0.25) is 0 Å². The first-order valence-electron chi connectivity index (χ1n) is 4.62. The van der Waals surface area contributed by atoms with Gasteiger partial charge in [-0.2, -0.15) is 0 Å². The molecule has 84 valence electrons. The second-order valence-corrected chi connectivity index (χ2v) is 4.42. The molecule has 0 amide bonds. The summed E-state index contributed by atoms with van der Waals surface area (Å²) in [5.41, 5.74) is 12.4. The van der Waals surface area contributed by atoms with Crippen molar-refractivity contribution >= 4 is 27.3 Å². The molecule has 5 heteroatoms. The monoisotopic (exact) mass is 273 g/mol. The molecule has 0 fully saturated rings. The molecule has 0 unspecified atom stereocenters. The van der Waals surface area contributed by atoms with Crippen LogP contribution in [0.4, 0.5) is 11.4 Å². The lowest BCUT2D eigenvalue weighted by atomic mass is 10.2. The van der Waals surface area contributed by atoms with Crippen LogP contribution in [0.3, 0.4) is 0 Å². The van der Waals surface area contributed by atoms with Crippen LogP contribution in [0, 0.1) is 0 Å². The van der Waals surface area contributed by atoms with Gasteiger partial charge in [-0.05, 0) is 36.1 Å². The molecule has 0 atom stereocenters. The van der Waals surface area contributed by atoms with E-state index in [4.69, 9.17) is 16.2 Å². The average Bonchev–Trinajstić information content (AvgIpc) is 2.13. The quantitative estimate of drug-likeness (QED) is 0.818. The highest BCUT2D eigenvalue weighted by molar-refractivity contribution is 9.10. The fraction of sp³-hybridized carbons (Fsp3) is 0.400. The molecular formula is C10H16BrN3O. The molecule has 0 aliphatic rings. The minimum absolute atomic E-state index is 0.540. The number of nitrogens with zero attached hydrogens (tertiary/aromatic N) is 1. The number of rotatable bonds is 4. The Hall–Kier alpha value is -0.940. The van der Waals surface area contributed by atoms with E-state index in [1.165, 1.54) is 0 Å². The molecule has 0 radical (unpaired) electrons. The number of likely N-dealkylation sites (N-methyl/N-ethyl adjacent to an activating group) is 1. The first-order chi connectivity index (χ1) is 7.00. The van der Waals surface area contributed by atoms with Crippen molar-refractivity contribution in [3.63, 3.8) is 0 Å². The summed E-state index contributed by atoms with van der Waals surface area (Å²) >= 11 is 3.37. The summed E-state index contributed by atoms with van der Waals surface area (Å²) in [6, 6.07) is 3.48. The maximum absolute atomic E-state index is 5.68. The third kappa shape index (κ3) is 3.60. The lowest BCUT2D eigenvalue weighted by Crippen LogP contribution is -2.19. The van der Waals surface area contributed by atoms with E-state index in [0.29, 0.717) is 18.0 Å². The number of hydrogen-bond acceptors (Lipinski definition) is 4. The molecule has 0 aromatic heterocycles. The van der Waals surface area contributed by atoms with E-state index in [-0.39, 0.29) is 0 Å². The topological polar surface area (TPSA) is 64.5 Å². The van der Waals surface area contributed by atoms with Crippen molar-refractivity contribution in [2.45, 2.75) is 0 Å². The Morgan fingerprint density at radius 1 is 1.27 bits per heavy atom. The Morgan fingerprint density at radius 2 is 1.87 bits per heavy atom. The van der Waals surface area contributed by atoms with Crippen molar-refractivity contribution < 1.29 is 4.74 Å². The van der Waals surface area contributed by atoms with Crippen LogP contribution in [0.25, 0.3) is 0 Å². The number of nitrogen functional groups attached to an aromatic ring is 2. The van der Waals surface area contributed by atoms with Crippen molar-refractivity contribution in [3.8, 4) is 5.75 Å². The van der Waals surface area contributed by atoms with Gasteiger partial charge in [0.25, 0.3) is 0 Å². The highest BCUT2D eigenvalue weighted by Crippen LogP contribution is 2.31. The van der Waals surface area contributed by atoms with E-state index in [1.54, 1.807) is 12.1 Å². The van der Waals surface area contributed by atoms with Crippen molar-refractivity contribution in [1.29, 1.82) is 0 Å². The number of anilines is 2. The summed E-state index contributed by atoms with van der Waals surface area (Å²) in [4.78, 5) is 2.05. The Morgan fingerprint density at radius 3 is 2.47 bits per heavy atom. The van der Waals surface area contributed by atoms with Gasteiger partial charge in [-0.25, -0.2) is 0 Å². The molecule has 0 spiro atoms. The lowest BCUT2D eigenvalue weighted by Gasteiger charge is -2.13. The maximum atomic E-state index is 5.68. The number of nitrogens with two attached hydrogens (primary N) is 2. The standard InChI is InChI=1S/C10H16BrN3O/c1-14(2)3-4-15-10-6-9(13)8(12)5-7(10)11/h5-6H,3-4,12-13H2,1-2H3. The van der Waals surface area contributed by atoms with Gasteiger partial charge in [0.05, 0.1) is 15.8 Å². The van der Waals surface area contributed by atoms with Gasteiger partial charge >= 0.3 is 0 Å². The summed E-state index contributed by atoms with van der Waals surface area (Å²) in [5.74, 6) is 0.726. The lowest BCUT2D eigenvalue weighted by molar-refractivity contribution is 0.260. The number of hydrogen-bond donors (Lipinski definition) is 2. The molecule has 0 saturated carbocycles. The minimum Gasteiger partial charge on any atom is -0.491 e. The number of benzene rings is 1. The van der Waals surface area contributed by atoms with E-state index in [1.807, 2.05) is 14.1 Å². The summed E-state index contributed by atoms with van der Waals surface area (Å²) in [7, 11) is 3.99. The first kappa shape index (κ1) is 12.1. The van der Waals surface area contributed by atoms with Gasteiger partial charge in [-0.1, -0.05) is 0 Å². The van der Waals surface area contributed by atoms with E-state index in [9.17, 15) is 0 Å². The highest BCUT2D eigenvalue weighted by atomic mass is 79.9. The maximum Gasteiger partial charge on any atom is 0.135 e. The molecule has 1 aromatic rings. The van der Waals surface area contributed by atoms with Crippen LogP contribution in [0.1, 0.15) is 0 Å². The van der Waals surface area contributed by atoms with Crippen molar-refractivity contribution in [1.82, 2.24) is 4.90 Å². The fourth-order valence-electron chi connectivity index (χ4n) is 1.03. The Labute approximate surface area is 98.3 Å². The predicted octanol–water partition coefficient (Wildman–Crippen LogP) is 1.55. The molecule has 0 saturated heterocycles. The Balaban J connectivity index is 2.65. The molecule has 4 nitrogen and oxygen atoms in total. The molecule has 15 heavy (non-hydrogen) atoms. The van der Waals surface area contributed by atoms with E-state index in [2.05, 4.69) is 20.8 Å². The molecule has 0 aliphatic carbocycles. The third-order valence-corrected chi connectivity index (χ3v) is 2.55. The number of halogens is 1. The molecule has 1 rings (SSSR count). The van der Waals surface area contributed by atoms with Crippen LogP contribution >= 0.6 is 15.9 Å². The van der Waals surface area contributed by atoms with Gasteiger partial charge < -0.3 is 21.1 Å². The number of ether oxygens (including phenoxy) is 1. The second kappa shape index (κ2) is 5.23. The van der Waals surface area contributed by atoms with Crippen molar-refractivity contribution in [2.75, 3.05) is 38.7 Å². The summed E-state index contributed by atoms with van der Waals surface area (Å²) in [6.45, 7) is 1.48. The normalized spacial score (nSPS) is 10.7. The second-order valence-electron chi connectivity index (χ2n) is 3.56. The van der Waals surface area contributed by atoms with Gasteiger partial charge in [-0.3, -0.25) is 0 Å². The molecule has 0 heterocycles. The predicted molar refractivity (Wildman–Crippen MR) is 67.0 cm³/mol. The Bertz CT molecular complexity index is 342. The van der Waals surface area contributed by atoms with Gasteiger partial charge in [0.1, 0.15) is 12.4 Å². The zero-order valence-corrected chi connectivity index (χ0v) is 10.5. The molecular weight excluding hydrogens is 258 g/mol. The van der Waals surface area contributed by atoms with E-state index >= 15 is 0 Å². The van der Waals surface area contributed by atoms with Crippen LogP contribution in [-0.2, 0) is 0 Å². The van der Waals surface area contributed by atoms with Crippen LogP contribution in [0.5, 0.6) is 5.75 Å². The Kier molecular flexibility index (Phi) is 4.23. The molecule has 1 aromatic carbocycles. The molecule has 0 aliphatic heterocycles. The largest absolute Gasteiger partial charge is 0.491 e. The third-order valence-electron chi connectivity index (χ3n) is 1.93. The average molecular weight is 274 g/mol. The summed E-state index contributed by atoms with van der Waals surface area (Å²) in [6.07, 6.45) is 0. The highest BCUT2D eigenvalue weighted by Gasteiger charge is 2.05. The van der Waals surface area contributed by atoms with Gasteiger partial charge in [0.15, 0.2) is 0 Å². The fourth-order valence-corrected chi connectivity index (χ4v) is 1.51. The SMILES string of the molecule is CN(C)CCOc1cc(N)c(N)cc1Br. The zero-order valence-electron chi connectivity index (χ0n) is 8.96. The van der Waals surface area contributed by atoms with Crippen LogP contribution in [0.15, 0.2) is 16.6 Å². The van der Waals surface area contributed by atoms with Gasteiger partial charge in [-0.15, -0.1) is 0 Å². The van der Waals surface area contributed by atoms with Gasteiger partial charge in [0, 0.05) is 12.6 Å².